The van der Waals surface area contributed by atoms with Crippen molar-refractivity contribution in [2.24, 2.45) is 0 Å². The molecule has 160 valence electrons. The molecule has 1 aromatic carbocycles. The number of aliphatic hydroxyl groups excluding tert-OH is 1. The Morgan fingerprint density at radius 3 is 2.77 bits per heavy atom. The van der Waals surface area contributed by atoms with Gasteiger partial charge < -0.3 is 10.0 Å². The molecule has 1 unspecified atom stereocenters. The first-order valence-corrected chi connectivity index (χ1v) is 11.0. The van der Waals surface area contributed by atoms with Crippen molar-refractivity contribution in [3.05, 3.63) is 46.7 Å². The summed E-state index contributed by atoms with van der Waals surface area (Å²) in [7, 11) is 0. The predicted molar refractivity (Wildman–Crippen MR) is 115 cm³/mol. The topological polar surface area (TPSA) is 101 Å². The lowest BCUT2D eigenvalue weighted by molar-refractivity contribution is 0.0997. The Kier molecular flexibility index (Phi) is 6.56. The highest BCUT2D eigenvalue weighted by Gasteiger charge is 2.22. The minimum Gasteiger partial charge on any atom is -0.390 e. The molecule has 3 heterocycles. The smallest absolute Gasteiger partial charge is 0.390 e. The number of anilines is 1. The summed E-state index contributed by atoms with van der Waals surface area (Å²) in [5, 5.41) is 15.5. The number of hydrogen-bond acceptors (Lipinski definition) is 9. The second kappa shape index (κ2) is 9.50. The second-order valence-electron chi connectivity index (χ2n) is 7.39. The normalized spacial score (nSPS) is 16.5. The average Bonchev–Trinajstić information content (AvgIpc) is 3.31. The number of nitrogens with zero attached hydrogens (tertiary/aromatic N) is 6. The van der Waals surface area contributed by atoms with Crippen LogP contribution in [-0.2, 0) is 13.0 Å². The molecule has 1 N–H and O–H groups in total. The Morgan fingerprint density at radius 2 is 2.00 bits per heavy atom. The van der Waals surface area contributed by atoms with E-state index in [0.717, 1.165) is 55.5 Å². The van der Waals surface area contributed by atoms with Crippen LogP contribution in [0.1, 0.15) is 19.2 Å². The molecule has 1 aliphatic heterocycles. The summed E-state index contributed by atoms with van der Waals surface area (Å²) in [6.07, 6.45) is 1.12. The van der Waals surface area contributed by atoms with Gasteiger partial charge in [-0.05, 0) is 13.0 Å². The van der Waals surface area contributed by atoms with Crippen molar-refractivity contribution >= 4 is 16.7 Å². The number of aromatic nitrogens is 4. The molecule has 0 saturated carbocycles. The molecule has 0 spiro atoms. The van der Waals surface area contributed by atoms with Crippen LogP contribution in [0.5, 0.6) is 0 Å². The molecular weight excluding hydrogens is 404 g/mol. The third-order valence-corrected chi connectivity index (χ3v) is 6.03. The Labute approximate surface area is 178 Å². The van der Waals surface area contributed by atoms with Crippen molar-refractivity contribution in [3.8, 4) is 11.4 Å². The maximum absolute atomic E-state index is 12.1. The van der Waals surface area contributed by atoms with Crippen LogP contribution in [0.3, 0.4) is 0 Å². The molecule has 4 rings (SSSR count). The average molecular weight is 431 g/mol. The van der Waals surface area contributed by atoms with E-state index in [1.807, 2.05) is 30.3 Å². The number of benzene rings is 1. The van der Waals surface area contributed by atoms with E-state index in [0.29, 0.717) is 12.4 Å². The standard InChI is InChI=1S/C20H26N6O3S/c1-2-17-21-19(30-23-17)25-10-6-9-24(11-12-25)13-16(27)14-26-18(22-29-20(26)28)15-7-4-3-5-8-15/h3-5,7-8,16,27H,2,6,9-14H2,1H3. The minimum absolute atomic E-state index is 0.142. The Bertz CT molecular complexity index is 1000. The predicted octanol–water partition coefficient (Wildman–Crippen LogP) is 1.49. The van der Waals surface area contributed by atoms with Gasteiger partial charge in [0.05, 0.1) is 12.6 Å². The molecule has 0 amide bonds. The molecule has 1 aliphatic rings. The summed E-state index contributed by atoms with van der Waals surface area (Å²) in [6.45, 7) is 6.15. The molecule has 9 nitrogen and oxygen atoms in total. The maximum atomic E-state index is 12.1. The highest BCUT2D eigenvalue weighted by atomic mass is 32.1. The fraction of sp³-hybridized carbons (Fsp3) is 0.500. The minimum atomic E-state index is -0.704. The van der Waals surface area contributed by atoms with Crippen molar-refractivity contribution in [2.75, 3.05) is 37.6 Å². The van der Waals surface area contributed by atoms with Gasteiger partial charge in [-0.1, -0.05) is 42.4 Å². The molecule has 2 aromatic heterocycles. The van der Waals surface area contributed by atoms with Crippen molar-refractivity contribution in [1.82, 2.24) is 24.0 Å². The highest BCUT2D eigenvalue weighted by molar-refractivity contribution is 7.09. The van der Waals surface area contributed by atoms with Crippen LogP contribution in [0.25, 0.3) is 11.4 Å². The van der Waals surface area contributed by atoms with Gasteiger partial charge in [-0.2, -0.15) is 4.37 Å². The van der Waals surface area contributed by atoms with Crippen molar-refractivity contribution < 1.29 is 9.63 Å². The summed E-state index contributed by atoms with van der Waals surface area (Å²) < 4.78 is 10.6. The van der Waals surface area contributed by atoms with Gasteiger partial charge in [-0.15, -0.1) is 0 Å². The van der Waals surface area contributed by atoms with Crippen molar-refractivity contribution in [3.63, 3.8) is 0 Å². The number of hydrogen-bond donors (Lipinski definition) is 1. The molecule has 1 fully saturated rings. The molecule has 30 heavy (non-hydrogen) atoms. The van der Waals surface area contributed by atoms with Crippen LogP contribution in [0, 0.1) is 0 Å². The lowest BCUT2D eigenvalue weighted by Gasteiger charge is -2.23. The van der Waals surface area contributed by atoms with Crippen molar-refractivity contribution in [2.45, 2.75) is 32.4 Å². The summed E-state index contributed by atoms with van der Waals surface area (Å²) >= 11 is 1.45. The van der Waals surface area contributed by atoms with Gasteiger partial charge in [-0.3, -0.25) is 14.0 Å². The Balaban J connectivity index is 1.36. The van der Waals surface area contributed by atoms with E-state index in [-0.39, 0.29) is 6.54 Å². The van der Waals surface area contributed by atoms with E-state index in [1.54, 1.807) is 0 Å². The van der Waals surface area contributed by atoms with Crippen LogP contribution in [0.4, 0.5) is 5.13 Å². The lowest BCUT2D eigenvalue weighted by atomic mass is 10.2. The van der Waals surface area contributed by atoms with E-state index in [9.17, 15) is 9.90 Å². The zero-order valence-corrected chi connectivity index (χ0v) is 17.8. The van der Waals surface area contributed by atoms with Crippen LogP contribution in [0.2, 0.25) is 0 Å². The van der Waals surface area contributed by atoms with Gasteiger partial charge in [0.25, 0.3) is 0 Å². The second-order valence-corrected chi connectivity index (χ2v) is 8.12. The van der Waals surface area contributed by atoms with Gasteiger partial charge in [0.2, 0.25) is 5.13 Å². The molecule has 10 heteroatoms. The first-order valence-electron chi connectivity index (χ1n) is 10.2. The van der Waals surface area contributed by atoms with Crippen molar-refractivity contribution in [1.29, 1.82) is 0 Å². The number of aliphatic hydroxyl groups is 1. The summed E-state index contributed by atoms with van der Waals surface area (Å²) in [5.41, 5.74) is 0.782. The summed E-state index contributed by atoms with van der Waals surface area (Å²) in [4.78, 5) is 21.2. The van der Waals surface area contributed by atoms with Gasteiger partial charge in [0, 0.05) is 49.7 Å². The number of aryl methyl sites for hydroxylation is 1. The maximum Gasteiger partial charge on any atom is 0.441 e. The van der Waals surface area contributed by atoms with E-state index in [2.05, 4.69) is 31.2 Å². The Morgan fingerprint density at radius 1 is 1.17 bits per heavy atom. The zero-order valence-electron chi connectivity index (χ0n) is 17.0. The quantitative estimate of drug-likeness (QED) is 0.602. The molecule has 1 atom stereocenters. The molecule has 0 radical (unpaired) electrons. The fourth-order valence-corrected chi connectivity index (χ4v) is 4.45. The SMILES string of the molecule is CCc1nsc(N2CCCN(CC(O)Cn3c(-c4ccccc4)noc3=O)CC2)n1. The number of β-amino-alcohol motifs (C(OH)–C–C–N with tert-alkyl or cyclic N) is 1. The summed E-state index contributed by atoms with van der Waals surface area (Å²) in [5.74, 6) is 0.766. The van der Waals surface area contributed by atoms with E-state index < -0.39 is 11.9 Å². The van der Waals surface area contributed by atoms with Gasteiger partial charge in [0.15, 0.2) is 5.82 Å². The van der Waals surface area contributed by atoms with E-state index in [4.69, 9.17) is 4.52 Å². The molecule has 0 aliphatic carbocycles. The fourth-order valence-electron chi connectivity index (χ4n) is 3.65. The largest absolute Gasteiger partial charge is 0.441 e. The lowest BCUT2D eigenvalue weighted by Crippen LogP contribution is -2.38. The molecule has 3 aromatic rings. The third kappa shape index (κ3) is 4.77. The molecular formula is C20H26N6O3S. The van der Waals surface area contributed by atoms with Crippen LogP contribution in [-0.4, -0.2) is 67.9 Å². The van der Waals surface area contributed by atoms with Gasteiger partial charge >= 0.3 is 5.76 Å². The van der Waals surface area contributed by atoms with Gasteiger partial charge in [-0.25, -0.2) is 9.78 Å². The van der Waals surface area contributed by atoms with Crippen LogP contribution in [0.15, 0.2) is 39.6 Å². The first kappa shape index (κ1) is 20.7. The van der Waals surface area contributed by atoms with E-state index in [1.165, 1.54) is 16.1 Å². The monoisotopic (exact) mass is 430 g/mol. The first-order chi connectivity index (χ1) is 14.6. The van der Waals surface area contributed by atoms with Gasteiger partial charge in [0.1, 0.15) is 5.82 Å². The summed E-state index contributed by atoms with van der Waals surface area (Å²) in [6, 6.07) is 9.37. The molecule has 1 saturated heterocycles. The van der Waals surface area contributed by atoms with Crippen LogP contribution >= 0.6 is 11.5 Å². The van der Waals surface area contributed by atoms with E-state index >= 15 is 0 Å². The highest BCUT2D eigenvalue weighted by Crippen LogP contribution is 2.20. The Hall–Kier alpha value is -2.56. The van der Waals surface area contributed by atoms with Crippen LogP contribution < -0.4 is 10.7 Å². The zero-order chi connectivity index (χ0) is 20.9. The third-order valence-electron chi connectivity index (χ3n) is 5.21. The number of rotatable bonds is 7. The molecule has 0 bridgehead atoms.